The first-order valence-electron chi connectivity index (χ1n) is 9.98. The van der Waals surface area contributed by atoms with Gasteiger partial charge in [-0.1, -0.05) is 31.2 Å². The van der Waals surface area contributed by atoms with E-state index < -0.39 is 0 Å². The fourth-order valence-electron chi connectivity index (χ4n) is 3.10. The largest absolute Gasteiger partial charge is 0.496 e. The van der Waals surface area contributed by atoms with Crippen LogP contribution in [0.3, 0.4) is 0 Å². The normalized spacial score (nSPS) is 11.8. The van der Waals surface area contributed by atoms with Crippen LogP contribution in [0.1, 0.15) is 30.9 Å². The van der Waals surface area contributed by atoms with Crippen LogP contribution in [0, 0.1) is 0 Å². The summed E-state index contributed by atoms with van der Waals surface area (Å²) in [5, 5.41) is 6.71. The predicted octanol–water partition coefficient (Wildman–Crippen LogP) is 4.23. The third-order valence-electron chi connectivity index (χ3n) is 4.69. The topological polar surface area (TPSA) is 64.1 Å². The first-order valence-corrected chi connectivity index (χ1v) is 9.98. The number of nitrogens with one attached hydrogen (secondary N) is 2. The zero-order valence-electron chi connectivity index (χ0n) is 18.5. The number of hydrogen-bond donors (Lipinski definition) is 2. The van der Waals surface area contributed by atoms with E-state index >= 15 is 0 Å². The van der Waals surface area contributed by atoms with Gasteiger partial charge in [0.1, 0.15) is 5.75 Å². The van der Waals surface area contributed by atoms with Crippen molar-refractivity contribution in [2.24, 2.45) is 4.99 Å². The van der Waals surface area contributed by atoms with Crippen molar-refractivity contribution in [1.29, 1.82) is 0 Å². The van der Waals surface area contributed by atoms with Crippen LogP contribution in [0.5, 0.6) is 17.2 Å². The number of benzene rings is 2. The summed E-state index contributed by atoms with van der Waals surface area (Å²) in [6.07, 6.45) is 0.854. The Morgan fingerprint density at radius 2 is 1.63 bits per heavy atom. The van der Waals surface area contributed by atoms with Gasteiger partial charge in [-0.3, -0.25) is 4.99 Å². The first kappa shape index (κ1) is 25.9. The van der Waals surface area contributed by atoms with Gasteiger partial charge in [0, 0.05) is 25.6 Å². The number of hydrogen-bond acceptors (Lipinski definition) is 4. The maximum Gasteiger partial charge on any atom is 0.191 e. The van der Waals surface area contributed by atoms with E-state index in [0.717, 1.165) is 42.7 Å². The molecule has 2 aromatic rings. The lowest BCUT2D eigenvalue weighted by Gasteiger charge is -2.16. The molecule has 30 heavy (non-hydrogen) atoms. The number of aliphatic imine (C=N–C) groups is 1. The zero-order valence-corrected chi connectivity index (χ0v) is 20.9. The molecule has 0 aromatic heterocycles. The molecule has 0 saturated carbocycles. The number of methoxy groups -OCH3 is 3. The second-order valence-electron chi connectivity index (χ2n) is 6.73. The Balaban J connectivity index is 0.00000450. The fraction of sp³-hybridized carbons (Fsp3) is 0.435. The van der Waals surface area contributed by atoms with E-state index in [0.29, 0.717) is 6.54 Å². The van der Waals surface area contributed by atoms with Crippen LogP contribution >= 0.6 is 24.0 Å². The summed E-state index contributed by atoms with van der Waals surface area (Å²) in [6, 6.07) is 14.1. The number of nitrogens with zero attached hydrogens (tertiary/aromatic N) is 1. The second-order valence-corrected chi connectivity index (χ2v) is 6.73. The number of ether oxygens (including phenoxy) is 3. The fourth-order valence-corrected chi connectivity index (χ4v) is 3.10. The van der Waals surface area contributed by atoms with Crippen molar-refractivity contribution in [3.63, 3.8) is 0 Å². The summed E-state index contributed by atoms with van der Waals surface area (Å²) in [6.45, 7) is 6.48. The van der Waals surface area contributed by atoms with Gasteiger partial charge in [0.15, 0.2) is 17.5 Å². The third kappa shape index (κ3) is 7.59. The van der Waals surface area contributed by atoms with Crippen LogP contribution in [0.25, 0.3) is 0 Å². The summed E-state index contributed by atoms with van der Waals surface area (Å²) in [5.74, 6) is 3.46. The standard InChI is InChI=1S/C23H33N3O3.HI/c1-6-24-23(26-16-17(2)19-9-7-8-10-20(19)27-3)25-14-13-18-11-12-21(28-4)22(15-18)29-5;/h7-12,15,17H,6,13-14,16H2,1-5H3,(H2,24,25,26);1H. The molecule has 0 amide bonds. The third-order valence-corrected chi connectivity index (χ3v) is 4.69. The van der Waals surface area contributed by atoms with Crippen LogP contribution < -0.4 is 24.8 Å². The number of guanidine groups is 1. The number of para-hydroxylation sites is 1. The number of halogens is 1. The van der Waals surface area contributed by atoms with Gasteiger partial charge >= 0.3 is 0 Å². The Hall–Kier alpha value is -2.16. The summed E-state index contributed by atoms with van der Waals surface area (Å²) in [4.78, 5) is 4.75. The lowest BCUT2D eigenvalue weighted by Crippen LogP contribution is -2.38. The average Bonchev–Trinajstić information content (AvgIpc) is 2.76. The second kappa shape index (κ2) is 14.0. The van der Waals surface area contributed by atoms with Crippen molar-refractivity contribution in [2.45, 2.75) is 26.2 Å². The Kier molecular flexibility index (Phi) is 12.0. The summed E-state index contributed by atoms with van der Waals surface area (Å²) < 4.78 is 16.1. The van der Waals surface area contributed by atoms with Crippen LogP contribution in [-0.2, 0) is 6.42 Å². The molecule has 0 heterocycles. The van der Waals surface area contributed by atoms with Gasteiger partial charge in [-0.25, -0.2) is 0 Å². The Morgan fingerprint density at radius 3 is 2.30 bits per heavy atom. The molecular formula is C23H34IN3O3. The van der Waals surface area contributed by atoms with Crippen molar-refractivity contribution < 1.29 is 14.2 Å². The van der Waals surface area contributed by atoms with Crippen molar-refractivity contribution in [2.75, 3.05) is 41.0 Å². The molecule has 0 radical (unpaired) electrons. The van der Waals surface area contributed by atoms with Crippen LogP contribution in [0.15, 0.2) is 47.5 Å². The van der Waals surface area contributed by atoms with E-state index in [2.05, 4.69) is 36.6 Å². The molecule has 0 aliphatic carbocycles. The SMILES string of the molecule is CCNC(=NCC(C)c1ccccc1OC)NCCc1ccc(OC)c(OC)c1.I. The van der Waals surface area contributed by atoms with Crippen molar-refractivity contribution >= 4 is 29.9 Å². The van der Waals surface area contributed by atoms with E-state index in [1.54, 1.807) is 21.3 Å². The minimum Gasteiger partial charge on any atom is -0.496 e. The summed E-state index contributed by atoms with van der Waals surface area (Å²) in [5.41, 5.74) is 2.34. The van der Waals surface area contributed by atoms with E-state index in [1.165, 1.54) is 11.1 Å². The maximum atomic E-state index is 5.47. The van der Waals surface area contributed by atoms with Crippen LogP contribution in [0.2, 0.25) is 0 Å². The number of rotatable bonds is 10. The van der Waals surface area contributed by atoms with Gasteiger partial charge in [-0.05, 0) is 42.7 Å². The lowest BCUT2D eigenvalue weighted by atomic mass is 10.0. The van der Waals surface area contributed by atoms with Crippen LogP contribution in [0.4, 0.5) is 0 Å². The minimum absolute atomic E-state index is 0. The highest BCUT2D eigenvalue weighted by Crippen LogP contribution is 2.28. The Bertz CT molecular complexity index is 799. The van der Waals surface area contributed by atoms with Gasteiger partial charge in [-0.15, -0.1) is 24.0 Å². The molecule has 0 saturated heterocycles. The van der Waals surface area contributed by atoms with E-state index in [4.69, 9.17) is 19.2 Å². The Labute approximate surface area is 197 Å². The molecule has 2 aromatic carbocycles. The lowest BCUT2D eigenvalue weighted by molar-refractivity contribution is 0.354. The van der Waals surface area contributed by atoms with Gasteiger partial charge in [0.2, 0.25) is 0 Å². The smallest absolute Gasteiger partial charge is 0.191 e. The highest BCUT2D eigenvalue weighted by molar-refractivity contribution is 14.0. The first-order chi connectivity index (χ1) is 14.1. The van der Waals surface area contributed by atoms with Gasteiger partial charge in [0.05, 0.1) is 21.3 Å². The Morgan fingerprint density at radius 1 is 0.933 bits per heavy atom. The van der Waals surface area contributed by atoms with Gasteiger partial charge in [-0.2, -0.15) is 0 Å². The molecule has 0 aliphatic rings. The average molecular weight is 527 g/mol. The summed E-state index contributed by atoms with van der Waals surface area (Å²) >= 11 is 0. The van der Waals surface area contributed by atoms with E-state index in [1.807, 2.05) is 30.3 Å². The highest BCUT2D eigenvalue weighted by atomic mass is 127. The van der Waals surface area contributed by atoms with E-state index in [-0.39, 0.29) is 29.9 Å². The summed E-state index contributed by atoms with van der Waals surface area (Å²) in [7, 11) is 5.00. The van der Waals surface area contributed by atoms with Crippen LogP contribution in [-0.4, -0.2) is 46.9 Å². The molecule has 1 atom stereocenters. The molecule has 0 aliphatic heterocycles. The molecule has 7 heteroatoms. The molecule has 6 nitrogen and oxygen atoms in total. The van der Waals surface area contributed by atoms with Crippen molar-refractivity contribution in [3.8, 4) is 17.2 Å². The minimum atomic E-state index is 0. The molecule has 166 valence electrons. The quantitative estimate of drug-likeness (QED) is 0.275. The molecule has 2 rings (SSSR count). The molecule has 1 unspecified atom stereocenters. The van der Waals surface area contributed by atoms with Crippen molar-refractivity contribution in [3.05, 3.63) is 53.6 Å². The molecule has 0 spiro atoms. The van der Waals surface area contributed by atoms with Gasteiger partial charge in [0.25, 0.3) is 0 Å². The molecular weight excluding hydrogens is 493 g/mol. The molecule has 0 fully saturated rings. The van der Waals surface area contributed by atoms with E-state index in [9.17, 15) is 0 Å². The highest BCUT2D eigenvalue weighted by Gasteiger charge is 2.11. The van der Waals surface area contributed by atoms with Crippen molar-refractivity contribution in [1.82, 2.24) is 10.6 Å². The molecule has 0 bridgehead atoms. The molecule has 2 N–H and O–H groups in total. The monoisotopic (exact) mass is 527 g/mol. The van der Waals surface area contributed by atoms with Gasteiger partial charge < -0.3 is 24.8 Å². The maximum absolute atomic E-state index is 5.47. The predicted molar refractivity (Wildman–Crippen MR) is 134 cm³/mol. The zero-order chi connectivity index (χ0) is 21.1.